The van der Waals surface area contributed by atoms with E-state index in [1.807, 2.05) is 49.4 Å². The van der Waals surface area contributed by atoms with Gasteiger partial charge >= 0.3 is 5.97 Å². The van der Waals surface area contributed by atoms with Crippen LogP contribution in [0.3, 0.4) is 0 Å². The molecule has 0 aliphatic carbocycles. The predicted molar refractivity (Wildman–Crippen MR) is 96.6 cm³/mol. The Morgan fingerprint density at radius 3 is 2.43 bits per heavy atom. The fourth-order valence-electron chi connectivity index (χ4n) is 2.83. The van der Waals surface area contributed by atoms with Crippen molar-refractivity contribution in [2.24, 2.45) is 0 Å². The highest BCUT2D eigenvalue weighted by Crippen LogP contribution is 2.32. The summed E-state index contributed by atoms with van der Waals surface area (Å²) in [6, 6.07) is 15.5. The lowest BCUT2D eigenvalue weighted by Gasteiger charge is -2.14. The molecule has 1 N–H and O–H groups in total. The molecule has 0 bridgehead atoms. The minimum Gasteiger partial charge on any atom is -0.478 e. The first-order chi connectivity index (χ1) is 11.1. The van der Waals surface area contributed by atoms with E-state index in [9.17, 15) is 9.90 Å². The second kappa shape index (κ2) is 8.33. The van der Waals surface area contributed by atoms with Crippen LogP contribution in [-0.4, -0.2) is 11.1 Å². The van der Waals surface area contributed by atoms with E-state index in [0.717, 1.165) is 35.1 Å². The number of carbonyl (C=O) groups is 1. The summed E-state index contributed by atoms with van der Waals surface area (Å²) in [6.45, 7) is 4.20. The van der Waals surface area contributed by atoms with Crippen LogP contribution < -0.4 is 0 Å². The number of carboxylic acid groups (broad SMARTS) is 1. The second-order valence-corrected chi connectivity index (χ2v) is 5.78. The molecule has 0 radical (unpaired) electrons. The summed E-state index contributed by atoms with van der Waals surface area (Å²) in [5.41, 5.74) is 4.28. The van der Waals surface area contributed by atoms with Gasteiger partial charge in [-0.1, -0.05) is 68.3 Å². The summed E-state index contributed by atoms with van der Waals surface area (Å²) < 4.78 is 0. The van der Waals surface area contributed by atoms with E-state index in [1.54, 1.807) is 6.07 Å². The number of unbranched alkanes of at least 4 members (excludes halogenated alkanes) is 3. The molecule has 0 fully saturated rings. The molecule has 0 unspecified atom stereocenters. The van der Waals surface area contributed by atoms with E-state index in [-0.39, 0.29) is 0 Å². The Morgan fingerprint density at radius 2 is 1.78 bits per heavy atom. The van der Waals surface area contributed by atoms with Crippen molar-refractivity contribution in [1.29, 1.82) is 0 Å². The van der Waals surface area contributed by atoms with Crippen LogP contribution in [0.15, 0.2) is 54.6 Å². The Kier molecular flexibility index (Phi) is 6.16. The molecule has 120 valence electrons. The minimum atomic E-state index is -0.876. The average molecular weight is 308 g/mol. The average Bonchev–Trinajstić information content (AvgIpc) is 2.58. The molecule has 0 saturated carbocycles. The molecule has 0 heterocycles. The molecule has 2 aromatic rings. The number of benzene rings is 2. The molecule has 2 rings (SSSR count). The van der Waals surface area contributed by atoms with Crippen molar-refractivity contribution in [3.05, 3.63) is 65.7 Å². The molecule has 2 aromatic carbocycles. The Bertz CT molecular complexity index is 684. The number of carboxylic acids is 1. The molecule has 0 aliphatic heterocycles. The third kappa shape index (κ3) is 4.32. The molecule has 0 atom stereocenters. The highest BCUT2D eigenvalue weighted by atomic mass is 16.4. The summed E-state index contributed by atoms with van der Waals surface area (Å²) >= 11 is 0. The fourth-order valence-corrected chi connectivity index (χ4v) is 2.83. The topological polar surface area (TPSA) is 37.3 Å². The van der Waals surface area contributed by atoms with Crippen molar-refractivity contribution in [2.75, 3.05) is 0 Å². The third-order valence-corrected chi connectivity index (χ3v) is 4.03. The lowest BCUT2D eigenvalue weighted by molar-refractivity contribution is 0.0696. The van der Waals surface area contributed by atoms with Gasteiger partial charge in [-0.25, -0.2) is 4.79 Å². The number of allylic oxidation sites excluding steroid dienone is 2. The van der Waals surface area contributed by atoms with Gasteiger partial charge in [-0.15, -0.1) is 0 Å². The van der Waals surface area contributed by atoms with Gasteiger partial charge in [0.25, 0.3) is 0 Å². The maximum atomic E-state index is 11.7. The number of hydrogen-bond acceptors (Lipinski definition) is 1. The molecule has 23 heavy (non-hydrogen) atoms. The highest BCUT2D eigenvalue weighted by molar-refractivity contribution is 5.98. The van der Waals surface area contributed by atoms with Crippen LogP contribution in [0.4, 0.5) is 0 Å². The SMILES string of the molecule is CCCCC/C=C(/C)c1c(C(=O)O)cccc1-c1ccccc1. The molecule has 0 aromatic heterocycles. The summed E-state index contributed by atoms with van der Waals surface area (Å²) in [4.78, 5) is 11.7. The van der Waals surface area contributed by atoms with Crippen LogP contribution in [0.5, 0.6) is 0 Å². The number of aromatic carboxylic acids is 1. The van der Waals surface area contributed by atoms with Crippen LogP contribution in [0.2, 0.25) is 0 Å². The van der Waals surface area contributed by atoms with E-state index in [1.165, 1.54) is 12.8 Å². The van der Waals surface area contributed by atoms with E-state index >= 15 is 0 Å². The third-order valence-electron chi connectivity index (χ3n) is 4.03. The van der Waals surface area contributed by atoms with Crippen LogP contribution >= 0.6 is 0 Å². The van der Waals surface area contributed by atoms with Crippen LogP contribution in [-0.2, 0) is 0 Å². The minimum absolute atomic E-state index is 0.371. The van der Waals surface area contributed by atoms with Crippen molar-refractivity contribution in [2.45, 2.75) is 39.5 Å². The zero-order chi connectivity index (χ0) is 16.7. The van der Waals surface area contributed by atoms with E-state index in [4.69, 9.17) is 0 Å². The van der Waals surface area contributed by atoms with E-state index < -0.39 is 5.97 Å². The Balaban J connectivity index is 2.48. The molecule has 0 amide bonds. The van der Waals surface area contributed by atoms with E-state index in [2.05, 4.69) is 13.0 Å². The maximum Gasteiger partial charge on any atom is 0.336 e. The molecular weight excluding hydrogens is 284 g/mol. The Morgan fingerprint density at radius 1 is 1.04 bits per heavy atom. The maximum absolute atomic E-state index is 11.7. The molecule has 0 spiro atoms. The Hall–Kier alpha value is -2.35. The number of rotatable bonds is 7. The van der Waals surface area contributed by atoms with Gasteiger partial charge in [0.2, 0.25) is 0 Å². The monoisotopic (exact) mass is 308 g/mol. The molecular formula is C21H24O2. The van der Waals surface area contributed by atoms with Gasteiger partial charge in [0.05, 0.1) is 5.56 Å². The highest BCUT2D eigenvalue weighted by Gasteiger charge is 2.16. The van der Waals surface area contributed by atoms with Crippen molar-refractivity contribution >= 4 is 11.5 Å². The van der Waals surface area contributed by atoms with Crippen LogP contribution in [0.1, 0.15) is 55.5 Å². The van der Waals surface area contributed by atoms with Gasteiger partial charge in [-0.3, -0.25) is 0 Å². The molecule has 0 saturated heterocycles. The van der Waals surface area contributed by atoms with Crippen molar-refractivity contribution in [3.8, 4) is 11.1 Å². The number of hydrogen-bond donors (Lipinski definition) is 1. The van der Waals surface area contributed by atoms with Crippen molar-refractivity contribution < 1.29 is 9.90 Å². The first-order valence-corrected chi connectivity index (χ1v) is 8.24. The second-order valence-electron chi connectivity index (χ2n) is 5.78. The van der Waals surface area contributed by atoms with Gasteiger partial charge in [-0.05, 0) is 48.1 Å². The van der Waals surface area contributed by atoms with Crippen molar-refractivity contribution in [1.82, 2.24) is 0 Å². The normalized spacial score (nSPS) is 11.5. The largest absolute Gasteiger partial charge is 0.478 e. The molecule has 2 heteroatoms. The summed E-state index contributed by atoms with van der Waals surface area (Å²) in [5, 5.41) is 9.57. The van der Waals surface area contributed by atoms with Gasteiger partial charge in [0.15, 0.2) is 0 Å². The zero-order valence-corrected chi connectivity index (χ0v) is 13.9. The summed E-state index contributed by atoms with van der Waals surface area (Å²) in [7, 11) is 0. The first-order valence-electron chi connectivity index (χ1n) is 8.24. The van der Waals surface area contributed by atoms with Gasteiger partial charge < -0.3 is 5.11 Å². The summed E-state index contributed by atoms with van der Waals surface area (Å²) in [5.74, 6) is -0.876. The van der Waals surface area contributed by atoms with Gasteiger partial charge in [0.1, 0.15) is 0 Å². The van der Waals surface area contributed by atoms with E-state index in [0.29, 0.717) is 5.56 Å². The smallest absolute Gasteiger partial charge is 0.336 e. The van der Waals surface area contributed by atoms with Gasteiger partial charge in [-0.2, -0.15) is 0 Å². The fraction of sp³-hybridized carbons (Fsp3) is 0.286. The standard InChI is InChI=1S/C21H24O2/c1-3-4-5-7-11-16(2)20-18(17-12-8-6-9-13-17)14-10-15-19(20)21(22)23/h6,8-15H,3-5,7H2,1-2H3,(H,22,23)/b16-11-. The Labute approximate surface area is 138 Å². The summed E-state index contributed by atoms with van der Waals surface area (Å²) in [6.07, 6.45) is 6.69. The van der Waals surface area contributed by atoms with Crippen LogP contribution in [0.25, 0.3) is 16.7 Å². The van der Waals surface area contributed by atoms with Crippen LogP contribution in [0, 0.1) is 0 Å². The zero-order valence-electron chi connectivity index (χ0n) is 13.9. The molecule has 0 aliphatic rings. The molecule has 2 nitrogen and oxygen atoms in total. The van der Waals surface area contributed by atoms with Crippen molar-refractivity contribution in [3.63, 3.8) is 0 Å². The lowest BCUT2D eigenvalue weighted by Crippen LogP contribution is -2.03. The first kappa shape index (κ1) is 17.0. The lowest BCUT2D eigenvalue weighted by atomic mass is 9.90. The predicted octanol–water partition coefficient (Wildman–Crippen LogP) is 6.04. The van der Waals surface area contributed by atoms with Gasteiger partial charge in [0, 0.05) is 0 Å². The quantitative estimate of drug-likeness (QED) is 0.633.